The molecule has 0 fully saturated rings. The molecule has 0 aliphatic carbocycles. The molecule has 1 aromatic heterocycles. The van der Waals surface area contributed by atoms with Gasteiger partial charge in [-0.05, 0) is 0 Å². The zero-order valence-corrected chi connectivity index (χ0v) is 6.95. The van der Waals surface area contributed by atoms with E-state index in [-0.39, 0.29) is 11.4 Å². The van der Waals surface area contributed by atoms with Crippen LogP contribution in [-0.4, -0.2) is 16.1 Å². The summed E-state index contributed by atoms with van der Waals surface area (Å²) in [5, 5.41) is 4.95. The number of rotatable bonds is 2. The molecule has 2 N–H and O–H groups in total. The molecule has 0 aliphatic heterocycles. The second-order valence-electron chi connectivity index (χ2n) is 2.14. The lowest BCUT2D eigenvalue weighted by Gasteiger charge is -1.97. The lowest BCUT2D eigenvalue weighted by molar-refractivity contribution is -0.138. The van der Waals surface area contributed by atoms with E-state index in [0.29, 0.717) is 11.3 Å². The second-order valence-corrected chi connectivity index (χ2v) is 3.20. The summed E-state index contributed by atoms with van der Waals surface area (Å²) in [6.07, 6.45) is -4.82. The Balaban J connectivity index is 2.81. The maximum Gasteiger partial charge on any atom is 0.445 e. The fourth-order valence-electron chi connectivity index (χ4n) is 0.589. The van der Waals surface area contributed by atoms with Crippen LogP contribution in [0.5, 0.6) is 0 Å². The highest BCUT2D eigenvalue weighted by molar-refractivity contribution is 7.11. The summed E-state index contributed by atoms with van der Waals surface area (Å²) in [6.45, 7) is 0. The van der Waals surface area contributed by atoms with Gasteiger partial charge in [0.2, 0.25) is 10.9 Å². The molecule has 0 saturated heterocycles. The van der Waals surface area contributed by atoms with Gasteiger partial charge in [0.05, 0.1) is 6.42 Å². The summed E-state index contributed by atoms with van der Waals surface area (Å²) in [4.78, 5) is 10.3. The number of carbonyl (C=O) groups is 1. The van der Waals surface area contributed by atoms with Gasteiger partial charge in [-0.1, -0.05) is 11.3 Å². The number of nitrogens with zero attached hydrogens (tertiary/aromatic N) is 2. The molecule has 1 amide bonds. The summed E-state index contributed by atoms with van der Waals surface area (Å²) >= 11 is 0.320. The van der Waals surface area contributed by atoms with Crippen molar-refractivity contribution in [3.63, 3.8) is 0 Å². The van der Waals surface area contributed by atoms with E-state index in [4.69, 9.17) is 5.73 Å². The van der Waals surface area contributed by atoms with E-state index in [1.54, 1.807) is 0 Å². The summed E-state index contributed by atoms with van der Waals surface area (Å²) in [7, 11) is 0. The van der Waals surface area contributed by atoms with Gasteiger partial charge in [0, 0.05) is 0 Å². The van der Waals surface area contributed by atoms with Crippen LogP contribution < -0.4 is 5.73 Å². The van der Waals surface area contributed by atoms with Crippen molar-refractivity contribution < 1.29 is 18.0 Å². The van der Waals surface area contributed by atoms with Gasteiger partial charge in [-0.25, -0.2) is 0 Å². The van der Waals surface area contributed by atoms with Crippen LogP contribution in [0.1, 0.15) is 10.0 Å². The zero-order chi connectivity index (χ0) is 10.1. The van der Waals surface area contributed by atoms with Gasteiger partial charge in [-0.3, -0.25) is 4.79 Å². The Morgan fingerprint density at radius 2 is 2.08 bits per heavy atom. The average Bonchev–Trinajstić information content (AvgIpc) is 2.32. The van der Waals surface area contributed by atoms with E-state index in [9.17, 15) is 18.0 Å². The number of amides is 1. The van der Waals surface area contributed by atoms with Crippen molar-refractivity contribution in [2.45, 2.75) is 12.6 Å². The van der Waals surface area contributed by atoms with Crippen molar-refractivity contribution in [2.75, 3.05) is 0 Å². The van der Waals surface area contributed by atoms with E-state index < -0.39 is 17.1 Å². The second kappa shape index (κ2) is 3.29. The Morgan fingerprint density at radius 3 is 2.46 bits per heavy atom. The molecule has 0 aliphatic rings. The maximum atomic E-state index is 11.9. The third-order valence-corrected chi connectivity index (χ3v) is 2.00. The number of hydrogen-bond acceptors (Lipinski definition) is 4. The van der Waals surface area contributed by atoms with Gasteiger partial charge in [0.1, 0.15) is 5.01 Å². The van der Waals surface area contributed by atoms with Crippen LogP contribution in [-0.2, 0) is 17.4 Å². The molecule has 72 valence electrons. The summed E-state index contributed by atoms with van der Waals surface area (Å²) in [5.74, 6) is -0.732. The smallest absolute Gasteiger partial charge is 0.369 e. The highest BCUT2D eigenvalue weighted by Gasteiger charge is 2.35. The third-order valence-electron chi connectivity index (χ3n) is 1.03. The predicted molar refractivity (Wildman–Crippen MR) is 37.8 cm³/mol. The molecule has 1 aromatic rings. The summed E-state index contributed by atoms with van der Waals surface area (Å²) in [5.41, 5.74) is 4.76. The van der Waals surface area contributed by atoms with Crippen molar-refractivity contribution in [1.82, 2.24) is 10.2 Å². The van der Waals surface area contributed by atoms with Gasteiger partial charge >= 0.3 is 6.18 Å². The first kappa shape index (κ1) is 9.90. The van der Waals surface area contributed by atoms with Crippen LogP contribution in [0.15, 0.2) is 0 Å². The molecule has 0 unspecified atom stereocenters. The Kier molecular flexibility index (Phi) is 2.50. The average molecular weight is 211 g/mol. The fourth-order valence-corrected chi connectivity index (χ4v) is 1.31. The lowest BCUT2D eigenvalue weighted by Crippen LogP contribution is -2.13. The van der Waals surface area contributed by atoms with E-state index in [2.05, 4.69) is 10.2 Å². The maximum absolute atomic E-state index is 11.9. The van der Waals surface area contributed by atoms with E-state index >= 15 is 0 Å². The minimum absolute atomic E-state index is 0.0279. The molecule has 0 saturated carbocycles. The SMILES string of the molecule is NC(=O)Cc1nnc(C(F)(F)F)s1. The van der Waals surface area contributed by atoms with E-state index in [0.717, 1.165) is 0 Å². The molecule has 0 atom stereocenters. The molecule has 13 heavy (non-hydrogen) atoms. The van der Waals surface area contributed by atoms with Crippen molar-refractivity contribution in [3.8, 4) is 0 Å². The molecule has 0 bridgehead atoms. The highest BCUT2D eigenvalue weighted by Crippen LogP contribution is 2.31. The third kappa shape index (κ3) is 2.65. The molecule has 0 spiro atoms. The van der Waals surface area contributed by atoms with Gasteiger partial charge in [0.15, 0.2) is 0 Å². The topological polar surface area (TPSA) is 68.9 Å². The normalized spacial score (nSPS) is 11.6. The molecule has 0 aromatic carbocycles. The molecule has 0 radical (unpaired) electrons. The first-order chi connectivity index (χ1) is 5.89. The van der Waals surface area contributed by atoms with Crippen LogP contribution in [0.3, 0.4) is 0 Å². The number of aromatic nitrogens is 2. The summed E-state index contributed by atoms with van der Waals surface area (Å²) < 4.78 is 35.8. The van der Waals surface area contributed by atoms with Crippen molar-refractivity contribution in [2.24, 2.45) is 5.73 Å². The Morgan fingerprint density at radius 1 is 1.46 bits per heavy atom. The quantitative estimate of drug-likeness (QED) is 0.778. The lowest BCUT2D eigenvalue weighted by atomic mass is 10.4. The first-order valence-electron chi connectivity index (χ1n) is 3.07. The standard InChI is InChI=1S/C5H4F3N3OS/c6-5(7,8)4-11-10-3(13-4)1-2(9)12/h1H2,(H2,9,12). The molecule has 4 nitrogen and oxygen atoms in total. The molecule has 1 heterocycles. The number of nitrogens with two attached hydrogens (primary N) is 1. The van der Waals surface area contributed by atoms with Crippen LogP contribution in [0, 0.1) is 0 Å². The Labute approximate surface area is 74.6 Å². The monoisotopic (exact) mass is 211 g/mol. The molecular weight excluding hydrogens is 207 g/mol. The van der Waals surface area contributed by atoms with Gasteiger partial charge in [-0.2, -0.15) is 13.2 Å². The minimum atomic E-state index is -4.51. The first-order valence-corrected chi connectivity index (χ1v) is 3.89. The van der Waals surface area contributed by atoms with Crippen molar-refractivity contribution in [1.29, 1.82) is 0 Å². The van der Waals surface area contributed by atoms with Crippen LogP contribution >= 0.6 is 11.3 Å². The van der Waals surface area contributed by atoms with E-state index in [1.165, 1.54) is 0 Å². The minimum Gasteiger partial charge on any atom is -0.369 e. The predicted octanol–water partition coefficient (Wildman–Crippen LogP) is 0.585. The van der Waals surface area contributed by atoms with Crippen LogP contribution in [0.2, 0.25) is 0 Å². The number of primary amides is 1. The number of halogens is 3. The van der Waals surface area contributed by atoms with Crippen LogP contribution in [0.25, 0.3) is 0 Å². The molecule has 1 rings (SSSR count). The van der Waals surface area contributed by atoms with Crippen molar-refractivity contribution in [3.05, 3.63) is 10.0 Å². The van der Waals surface area contributed by atoms with Gasteiger partial charge in [-0.15, -0.1) is 10.2 Å². The Bertz CT molecular complexity index is 321. The highest BCUT2D eigenvalue weighted by atomic mass is 32.1. The van der Waals surface area contributed by atoms with Crippen molar-refractivity contribution >= 4 is 17.2 Å². The Hall–Kier alpha value is -1.18. The van der Waals surface area contributed by atoms with Gasteiger partial charge < -0.3 is 5.73 Å². The van der Waals surface area contributed by atoms with Crippen LogP contribution in [0.4, 0.5) is 13.2 Å². The number of carbonyl (C=O) groups excluding carboxylic acids is 1. The largest absolute Gasteiger partial charge is 0.445 e. The number of alkyl halides is 3. The molecular formula is C5H4F3N3OS. The molecule has 8 heteroatoms. The van der Waals surface area contributed by atoms with E-state index in [1.807, 2.05) is 0 Å². The summed E-state index contributed by atoms with van der Waals surface area (Å²) in [6, 6.07) is 0. The fraction of sp³-hybridized carbons (Fsp3) is 0.400. The zero-order valence-electron chi connectivity index (χ0n) is 6.13. The van der Waals surface area contributed by atoms with Gasteiger partial charge in [0.25, 0.3) is 0 Å². The number of hydrogen-bond donors (Lipinski definition) is 1.